The van der Waals surface area contributed by atoms with Crippen LogP contribution in [0.15, 0.2) is 54.6 Å². The van der Waals surface area contributed by atoms with Gasteiger partial charge in [-0.25, -0.2) is 4.79 Å². The van der Waals surface area contributed by atoms with Gasteiger partial charge in [-0.3, -0.25) is 0 Å². The van der Waals surface area contributed by atoms with Crippen molar-refractivity contribution in [3.8, 4) is 0 Å². The number of carbonyl (C=O) groups is 1. The summed E-state index contributed by atoms with van der Waals surface area (Å²) >= 11 is 0. The number of carbonyl (C=O) groups excluding carboxylic acids is 1. The summed E-state index contributed by atoms with van der Waals surface area (Å²) in [6.07, 6.45) is 2.67. The van der Waals surface area contributed by atoms with E-state index in [0.29, 0.717) is 13.1 Å². The molecular weight excluding hydrogens is 324 g/mol. The van der Waals surface area contributed by atoms with Crippen molar-refractivity contribution < 1.29 is 9.90 Å². The summed E-state index contributed by atoms with van der Waals surface area (Å²) in [5, 5.41) is 13.2. The lowest BCUT2D eigenvalue weighted by Gasteiger charge is -2.42. The Labute approximate surface area is 155 Å². The summed E-state index contributed by atoms with van der Waals surface area (Å²) < 4.78 is 0. The molecule has 0 aromatic heterocycles. The molecule has 2 aromatic carbocycles. The number of aryl methyl sites for hydroxylation is 1. The number of hydrogen-bond donors (Lipinski definition) is 2. The van der Waals surface area contributed by atoms with Crippen LogP contribution in [0.1, 0.15) is 29.5 Å². The number of likely N-dealkylation sites (tertiary alicyclic amines) is 1. The zero-order valence-corrected chi connectivity index (χ0v) is 15.4. The van der Waals surface area contributed by atoms with Gasteiger partial charge < -0.3 is 15.3 Å². The van der Waals surface area contributed by atoms with Crippen LogP contribution in [0.3, 0.4) is 0 Å². The summed E-state index contributed by atoms with van der Waals surface area (Å²) in [6.45, 7) is 4.08. The highest BCUT2D eigenvalue weighted by atomic mass is 16.3. The largest absolute Gasteiger partial charge is 0.396 e. The Morgan fingerprint density at radius 2 is 1.88 bits per heavy atom. The molecular formula is C22H28N2O2. The molecule has 4 heteroatoms. The number of aliphatic hydroxyl groups excluding tert-OH is 1. The Morgan fingerprint density at radius 1 is 1.15 bits per heavy atom. The third kappa shape index (κ3) is 4.44. The second-order valence-electron chi connectivity index (χ2n) is 7.43. The van der Waals surface area contributed by atoms with Gasteiger partial charge in [0.1, 0.15) is 0 Å². The Morgan fingerprint density at radius 3 is 2.62 bits per heavy atom. The molecule has 0 spiro atoms. The average molecular weight is 352 g/mol. The van der Waals surface area contributed by atoms with Gasteiger partial charge in [-0.2, -0.15) is 0 Å². The van der Waals surface area contributed by atoms with Crippen molar-refractivity contribution >= 4 is 6.03 Å². The van der Waals surface area contributed by atoms with E-state index in [1.807, 2.05) is 47.4 Å². The predicted molar refractivity (Wildman–Crippen MR) is 104 cm³/mol. The monoisotopic (exact) mass is 352 g/mol. The minimum absolute atomic E-state index is 0.0452. The Bertz CT molecular complexity index is 732. The van der Waals surface area contributed by atoms with Gasteiger partial charge in [0.2, 0.25) is 0 Å². The molecule has 0 unspecified atom stereocenters. The molecule has 1 saturated heterocycles. The Hall–Kier alpha value is -2.33. The standard InChI is InChI=1S/C22H28N2O2/c1-18-8-5-6-11-20(18)14-22(17-25)12-7-13-24(16-22)21(26)23-15-19-9-3-2-4-10-19/h2-6,8-11,25H,7,12-17H2,1H3,(H,23,26)/t22-/m0/s1. The van der Waals surface area contributed by atoms with Crippen LogP contribution in [0.2, 0.25) is 0 Å². The number of hydrogen-bond acceptors (Lipinski definition) is 2. The van der Waals surface area contributed by atoms with Crippen LogP contribution in [0.5, 0.6) is 0 Å². The fourth-order valence-electron chi connectivity index (χ4n) is 3.81. The van der Waals surface area contributed by atoms with Crippen molar-refractivity contribution in [3.05, 3.63) is 71.3 Å². The first-order valence-electron chi connectivity index (χ1n) is 9.34. The lowest BCUT2D eigenvalue weighted by Crippen LogP contribution is -2.51. The zero-order chi connectivity index (χ0) is 18.4. The van der Waals surface area contributed by atoms with Crippen molar-refractivity contribution in [1.82, 2.24) is 10.2 Å². The van der Waals surface area contributed by atoms with Crippen LogP contribution in [0.4, 0.5) is 4.79 Å². The lowest BCUT2D eigenvalue weighted by molar-refractivity contribution is 0.0470. The quantitative estimate of drug-likeness (QED) is 0.865. The van der Waals surface area contributed by atoms with Crippen molar-refractivity contribution in [2.45, 2.75) is 32.7 Å². The number of aliphatic hydroxyl groups is 1. The van der Waals surface area contributed by atoms with E-state index in [1.165, 1.54) is 11.1 Å². The molecule has 26 heavy (non-hydrogen) atoms. The molecule has 1 heterocycles. The second-order valence-corrected chi connectivity index (χ2v) is 7.43. The topological polar surface area (TPSA) is 52.6 Å². The van der Waals surface area contributed by atoms with Crippen molar-refractivity contribution in [2.75, 3.05) is 19.7 Å². The number of nitrogens with one attached hydrogen (secondary N) is 1. The zero-order valence-electron chi connectivity index (χ0n) is 15.4. The lowest BCUT2D eigenvalue weighted by atomic mass is 9.75. The molecule has 1 aliphatic rings. The molecule has 1 aliphatic heterocycles. The van der Waals surface area contributed by atoms with E-state index in [0.717, 1.165) is 31.4 Å². The van der Waals surface area contributed by atoms with Crippen LogP contribution >= 0.6 is 0 Å². The highest BCUT2D eigenvalue weighted by Gasteiger charge is 2.37. The van der Waals surface area contributed by atoms with Crippen LogP contribution in [-0.4, -0.2) is 35.7 Å². The van der Waals surface area contributed by atoms with Gasteiger partial charge in [-0.1, -0.05) is 54.6 Å². The van der Waals surface area contributed by atoms with E-state index in [2.05, 4.69) is 24.4 Å². The molecule has 3 rings (SSSR count). The highest BCUT2D eigenvalue weighted by molar-refractivity contribution is 5.74. The van der Waals surface area contributed by atoms with Crippen LogP contribution in [-0.2, 0) is 13.0 Å². The van der Waals surface area contributed by atoms with Crippen LogP contribution < -0.4 is 5.32 Å². The van der Waals surface area contributed by atoms with Crippen LogP contribution in [0.25, 0.3) is 0 Å². The molecule has 2 aromatic rings. The minimum Gasteiger partial charge on any atom is -0.396 e. The van der Waals surface area contributed by atoms with Crippen molar-refractivity contribution in [3.63, 3.8) is 0 Å². The summed E-state index contributed by atoms with van der Waals surface area (Å²) in [6, 6.07) is 18.2. The molecule has 1 fully saturated rings. The number of amides is 2. The maximum Gasteiger partial charge on any atom is 0.317 e. The molecule has 138 valence electrons. The summed E-state index contributed by atoms with van der Waals surface area (Å²) in [5.41, 5.74) is 3.33. The van der Waals surface area contributed by atoms with Gasteiger partial charge in [-0.15, -0.1) is 0 Å². The van der Waals surface area contributed by atoms with E-state index in [9.17, 15) is 9.90 Å². The number of rotatable bonds is 5. The van der Waals surface area contributed by atoms with E-state index >= 15 is 0 Å². The van der Waals surface area contributed by atoms with E-state index in [-0.39, 0.29) is 18.1 Å². The van der Waals surface area contributed by atoms with Crippen molar-refractivity contribution in [1.29, 1.82) is 0 Å². The molecule has 2 N–H and O–H groups in total. The fourth-order valence-corrected chi connectivity index (χ4v) is 3.81. The van der Waals surface area contributed by atoms with Gasteiger partial charge in [-0.05, 0) is 42.9 Å². The predicted octanol–water partition coefficient (Wildman–Crippen LogP) is 3.52. The third-order valence-electron chi connectivity index (χ3n) is 5.40. The van der Waals surface area contributed by atoms with E-state index in [1.54, 1.807) is 0 Å². The van der Waals surface area contributed by atoms with E-state index in [4.69, 9.17) is 0 Å². The molecule has 2 amide bonds. The summed E-state index contributed by atoms with van der Waals surface area (Å²) in [5.74, 6) is 0. The summed E-state index contributed by atoms with van der Waals surface area (Å²) in [4.78, 5) is 14.5. The third-order valence-corrected chi connectivity index (χ3v) is 5.40. The first kappa shape index (κ1) is 18.5. The first-order chi connectivity index (χ1) is 12.6. The molecule has 0 aliphatic carbocycles. The molecule has 4 nitrogen and oxygen atoms in total. The molecule has 0 saturated carbocycles. The molecule has 0 radical (unpaired) electrons. The SMILES string of the molecule is Cc1ccccc1C[C@@]1(CO)CCCN(C(=O)NCc2ccccc2)C1. The van der Waals surface area contributed by atoms with Gasteiger partial charge >= 0.3 is 6.03 Å². The average Bonchev–Trinajstić information content (AvgIpc) is 2.69. The maximum atomic E-state index is 12.6. The Balaban J connectivity index is 1.64. The first-order valence-corrected chi connectivity index (χ1v) is 9.34. The number of piperidine rings is 1. The van der Waals surface area contributed by atoms with Gasteiger partial charge in [0, 0.05) is 25.0 Å². The summed E-state index contributed by atoms with van der Waals surface area (Å²) in [7, 11) is 0. The maximum absolute atomic E-state index is 12.6. The number of urea groups is 1. The van der Waals surface area contributed by atoms with Crippen molar-refractivity contribution in [2.24, 2.45) is 5.41 Å². The fraction of sp³-hybridized carbons (Fsp3) is 0.409. The smallest absolute Gasteiger partial charge is 0.317 e. The second kappa shape index (κ2) is 8.37. The van der Waals surface area contributed by atoms with Crippen LogP contribution in [0, 0.1) is 12.3 Å². The van der Waals surface area contributed by atoms with Gasteiger partial charge in [0.05, 0.1) is 6.61 Å². The minimum atomic E-state index is -0.256. The number of nitrogens with zero attached hydrogens (tertiary/aromatic N) is 1. The Kier molecular flexibility index (Phi) is 5.94. The highest BCUT2D eigenvalue weighted by Crippen LogP contribution is 2.34. The van der Waals surface area contributed by atoms with E-state index < -0.39 is 0 Å². The molecule has 1 atom stereocenters. The normalized spacial score (nSPS) is 20.0. The molecule has 0 bridgehead atoms. The van der Waals surface area contributed by atoms with Gasteiger partial charge in [0.25, 0.3) is 0 Å². The number of benzene rings is 2. The van der Waals surface area contributed by atoms with Gasteiger partial charge in [0.15, 0.2) is 0 Å².